The number of rotatable bonds is 5. The van der Waals surface area contributed by atoms with Gasteiger partial charge in [-0.1, -0.05) is 5.16 Å². The largest absolute Gasteiger partial charge is 0.504 e. The normalized spacial score (nSPS) is 10.8. The van der Waals surface area contributed by atoms with Gasteiger partial charge in [-0.05, 0) is 48.0 Å². The molecule has 0 aliphatic heterocycles. The van der Waals surface area contributed by atoms with Gasteiger partial charge in [-0.15, -0.1) is 0 Å². The molecule has 1 amide bonds. The first-order valence-corrected chi connectivity index (χ1v) is 7.37. The van der Waals surface area contributed by atoms with Gasteiger partial charge in [-0.3, -0.25) is 4.79 Å². The van der Waals surface area contributed by atoms with Crippen LogP contribution in [0.1, 0.15) is 16.2 Å². The van der Waals surface area contributed by atoms with E-state index in [0.29, 0.717) is 11.1 Å². The molecule has 0 aliphatic carbocycles. The number of aromatic hydroxyl groups is 1. The summed E-state index contributed by atoms with van der Waals surface area (Å²) in [5.74, 6) is -0.954. The Balaban J connectivity index is 1.66. The third kappa shape index (κ3) is 3.83. The van der Waals surface area contributed by atoms with Crippen LogP contribution in [0.5, 0.6) is 11.5 Å². The van der Waals surface area contributed by atoms with Crippen LogP contribution >= 0.6 is 0 Å². The number of carbonyl (C=O) groups excluding carboxylic acids is 1. The quantitative estimate of drug-likeness (QED) is 0.536. The average Bonchev–Trinajstić information content (AvgIpc) is 3.14. The number of halogens is 1. The van der Waals surface area contributed by atoms with Gasteiger partial charge in [0.2, 0.25) is 5.82 Å². The van der Waals surface area contributed by atoms with Crippen molar-refractivity contribution in [2.45, 2.75) is 0 Å². The number of hydrazone groups is 1. The lowest BCUT2D eigenvalue weighted by Crippen LogP contribution is -2.18. The van der Waals surface area contributed by atoms with Gasteiger partial charge in [0.05, 0.1) is 13.3 Å². The number of amides is 1. The van der Waals surface area contributed by atoms with Crippen LogP contribution in [0.25, 0.3) is 11.4 Å². The van der Waals surface area contributed by atoms with Crippen LogP contribution in [0, 0.1) is 5.82 Å². The predicted octanol–water partition coefficient (Wildman–Crippen LogP) is 2.35. The highest BCUT2D eigenvalue weighted by molar-refractivity contribution is 5.91. The molecule has 26 heavy (non-hydrogen) atoms. The molecule has 0 bridgehead atoms. The number of nitrogens with one attached hydrogen (secondary N) is 1. The number of benzene rings is 2. The lowest BCUT2D eigenvalue weighted by molar-refractivity contribution is 0.0911. The molecule has 1 heterocycles. The van der Waals surface area contributed by atoms with E-state index in [1.54, 1.807) is 12.1 Å². The molecule has 0 fully saturated rings. The highest BCUT2D eigenvalue weighted by Gasteiger charge is 2.15. The zero-order valence-electron chi connectivity index (χ0n) is 13.5. The van der Waals surface area contributed by atoms with E-state index in [9.17, 15) is 14.3 Å². The van der Waals surface area contributed by atoms with Crippen LogP contribution in [-0.4, -0.2) is 34.5 Å². The van der Waals surface area contributed by atoms with Crippen molar-refractivity contribution in [3.8, 4) is 22.9 Å². The van der Waals surface area contributed by atoms with Gasteiger partial charge in [-0.2, -0.15) is 10.1 Å². The second kappa shape index (κ2) is 7.43. The van der Waals surface area contributed by atoms with E-state index in [1.165, 1.54) is 43.7 Å². The fourth-order valence-corrected chi connectivity index (χ4v) is 2.02. The summed E-state index contributed by atoms with van der Waals surface area (Å²) in [6, 6.07) is 10.0. The first-order valence-electron chi connectivity index (χ1n) is 7.37. The minimum atomic E-state index is -0.701. The Labute approximate surface area is 146 Å². The molecule has 0 unspecified atom stereocenters. The van der Waals surface area contributed by atoms with Crippen molar-refractivity contribution in [3.63, 3.8) is 0 Å². The van der Waals surface area contributed by atoms with Gasteiger partial charge < -0.3 is 14.4 Å². The molecule has 0 saturated heterocycles. The van der Waals surface area contributed by atoms with E-state index in [1.807, 2.05) is 0 Å². The summed E-state index contributed by atoms with van der Waals surface area (Å²) in [5, 5.41) is 17.0. The van der Waals surface area contributed by atoms with Crippen molar-refractivity contribution >= 4 is 12.1 Å². The van der Waals surface area contributed by atoms with Crippen molar-refractivity contribution in [1.82, 2.24) is 15.6 Å². The summed E-state index contributed by atoms with van der Waals surface area (Å²) in [4.78, 5) is 15.9. The SMILES string of the molecule is COc1cc(/C=N/NC(=O)c2nc(-c3ccc(F)cc3)no2)ccc1O. The molecule has 0 spiro atoms. The van der Waals surface area contributed by atoms with Crippen LogP contribution < -0.4 is 10.2 Å². The maximum absolute atomic E-state index is 12.9. The maximum atomic E-state index is 12.9. The van der Waals surface area contributed by atoms with Crippen molar-refractivity contribution < 1.29 is 23.6 Å². The Hall–Kier alpha value is -3.75. The Morgan fingerprint density at radius 1 is 1.31 bits per heavy atom. The van der Waals surface area contributed by atoms with Crippen LogP contribution in [0.2, 0.25) is 0 Å². The standard InChI is InChI=1S/C17H13FN4O4/c1-25-14-8-10(2-7-13(14)23)9-19-21-16(24)17-20-15(22-26-17)11-3-5-12(18)6-4-11/h2-9,23H,1H3,(H,21,24)/b19-9+. The number of methoxy groups -OCH3 is 1. The molecule has 132 valence electrons. The predicted molar refractivity (Wildman–Crippen MR) is 89.4 cm³/mol. The van der Waals surface area contributed by atoms with E-state index in [4.69, 9.17) is 9.26 Å². The molecule has 3 aromatic rings. The maximum Gasteiger partial charge on any atom is 0.329 e. The molecule has 0 aliphatic rings. The van der Waals surface area contributed by atoms with Crippen molar-refractivity contribution in [2.24, 2.45) is 5.10 Å². The summed E-state index contributed by atoms with van der Waals surface area (Å²) in [5.41, 5.74) is 3.35. The molecule has 0 atom stereocenters. The van der Waals surface area contributed by atoms with E-state index < -0.39 is 11.7 Å². The van der Waals surface area contributed by atoms with Gasteiger partial charge >= 0.3 is 11.8 Å². The highest BCUT2D eigenvalue weighted by atomic mass is 19.1. The number of hydrogen-bond acceptors (Lipinski definition) is 7. The third-order valence-electron chi connectivity index (χ3n) is 3.31. The van der Waals surface area contributed by atoms with Crippen molar-refractivity contribution in [3.05, 3.63) is 59.7 Å². The highest BCUT2D eigenvalue weighted by Crippen LogP contribution is 2.25. The average molecular weight is 356 g/mol. The van der Waals surface area contributed by atoms with Crippen molar-refractivity contribution in [1.29, 1.82) is 0 Å². The van der Waals surface area contributed by atoms with Gasteiger partial charge in [0.25, 0.3) is 0 Å². The first-order chi connectivity index (χ1) is 12.6. The molecular weight excluding hydrogens is 343 g/mol. The van der Waals surface area contributed by atoms with E-state index in [0.717, 1.165) is 0 Å². The fraction of sp³-hybridized carbons (Fsp3) is 0.0588. The minimum absolute atomic E-state index is 0.00660. The van der Waals surface area contributed by atoms with Gasteiger partial charge in [0.15, 0.2) is 11.5 Å². The summed E-state index contributed by atoms with van der Waals surface area (Å²) in [6.07, 6.45) is 1.36. The number of carbonyl (C=O) groups is 1. The number of ether oxygens (including phenoxy) is 1. The number of nitrogens with zero attached hydrogens (tertiary/aromatic N) is 3. The van der Waals surface area contributed by atoms with E-state index >= 15 is 0 Å². The number of phenols is 1. The molecule has 8 nitrogen and oxygen atoms in total. The molecule has 2 aromatic carbocycles. The zero-order valence-corrected chi connectivity index (χ0v) is 13.5. The second-order valence-electron chi connectivity index (χ2n) is 5.06. The van der Waals surface area contributed by atoms with Crippen LogP contribution in [-0.2, 0) is 0 Å². The lowest BCUT2D eigenvalue weighted by Gasteiger charge is -2.03. The summed E-state index contributed by atoms with van der Waals surface area (Å²) < 4.78 is 22.8. The van der Waals surface area contributed by atoms with Crippen LogP contribution in [0.3, 0.4) is 0 Å². The molecule has 9 heteroatoms. The number of hydrogen-bond donors (Lipinski definition) is 2. The van der Waals surface area contributed by atoms with Crippen molar-refractivity contribution in [2.75, 3.05) is 7.11 Å². The Kier molecular flexibility index (Phi) is 4.88. The minimum Gasteiger partial charge on any atom is -0.504 e. The van der Waals surface area contributed by atoms with Crippen LogP contribution in [0.15, 0.2) is 52.1 Å². The molecule has 0 saturated carbocycles. The van der Waals surface area contributed by atoms with E-state index in [-0.39, 0.29) is 23.2 Å². The number of aromatic nitrogens is 2. The van der Waals surface area contributed by atoms with Crippen LogP contribution in [0.4, 0.5) is 4.39 Å². The molecule has 2 N–H and O–H groups in total. The molecule has 0 radical (unpaired) electrons. The number of phenolic OH excluding ortho intramolecular Hbond substituents is 1. The summed E-state index contributed by atoms with van der Waals surface area (Å²) in [6.45, 7) is 0. The first kappa shape index (κ1) is 17.1. The molecular formula is C17H13FN4O4. The Morgan fingerprint density at radius 3 is 2.81 bits per heavy atom. The molecule has 1 aromatic heterocycles. The van der Waals surface area contributed by atoms with Gasteiger partial charge in [-0.25, -0.2) is 9.82 Å². The van der Waals surface area contributed by atoms with Gasteiger partial charge in [0.1, 0.15) is 5.82 Å². The zero-order chi connectivity index (χ0) is 18.5. The monoisotopic (exact) mass is 356 g/mol. The molecule has 3 rings (SSSR count). The Morgan fingerprint density at radius 2 is 2.08 bits per heavy atom. The summed E-state index contributed by atoms with van der Waals surface area (Å²) >= 11 is 0. The second-order valence-corrected chi connectivity index (χ2v) is 5.06. The van der Waals surface area contributed by atoms with Gasteiger partial charge in [0, 0.05) is 5.56 Å². The summed E-state index contributed by atoms with van der Waals surface area (Å²) in [7, 11) is 1.42. The smallest absolute Gasteiger partial charge is 0.329 e. The van der Waals surface area contributed by atoms with E-state index in [2.05, 4.69) is 20.7 Å². The third-order valence-corrected chi connectivity index (χ3v) is 3.31. The lowest BCUT2D eigenvalue weighted by atomic mass is 10.2. The topological polar surface area (TPSA) is 110 Å². The fourth-order valence-electron chi connectivity index (χ4n) is 2.02. The Bertz CT molecular complexity index is 954.